The number of aromatic amines is 1. The van der Waals surface area contributed by atoms with Crippen molar-refractivity contribution in [2.45, 2.75) is 30.9 Å². The van der Waals surface area contributed by atoms with Crippen molar-refractivity contribution in [3.05, 3.63) is 28.2 Å². The van der Waals surface area contributed by atoms with Crippen LogP contribution in [-0.4, -0.2) is 54.8 Å². The van der Waals surface area contributed by atoms with Gasteiger partial charge >= 0.3 is 5.76 Å². The van der Waals surface area contributed by atoms with Gasteiger partial charge in [-0.15, -0.1) is 0 Å². The number of fused-ring (bicyclic) bond motifs is 1. The summed E-state index contributed by atoms with van der Waals surface area (Å²) < 4.78 is 32.2. The molecule has 2 aromatic rings. The van der Waals surface area contributed by atoms with Gasteiger partial charge in [0.2, 0.25) is 10.0 Å². The second-order valence-electron chi connectivity index (χ2n) is 5.60. The van der Waals surface area contributed by atoms with Gasteiger partial charge in [0.25, 0.3) is 5.97 Å². The van der Waals surface area contributed by atoms with Gasteiger partial charge in [0.15, 0.2) is 5.58 Å². The lowest BCUT2D eigenvalue weighted by atomic mass is 10.2. The monoisotopic (exact) mass is 373 g/mol. The Hall–Kier alpha value is -2.21. The van der Waals surface area contributed by atoms with Crippen molar-refractivity contribution in [3.63, 3.8) is 0 Å². The molecule has 11 heteroatoms. The van der Waals surface area contributed by atoms with Gasteiger partial charge in [-0.25, -0.2) is 17.9 Å². The highest BCUT2D eigenvalue weighted by Gasteiger charge is 2.30. The molecule has 1 fully saturated rings. The summed E-state index contributed by atoms with van der Waals surface area (Å²) >= 11 is 0. The summed E-state index contributed by atoms with van der Waals surface area (Å²) in [5, 5.41) is 20.0. The number of H-pyrrole nitrogens is 1. The number of hydrogen-bond donors (Lipinski definition) is 5. The second kappa shape index (κ2) is 7.35. The minimum atomic E-state index is -3.82. The maximum absolute atomic E-state index is 12.4. The number of oxazole rings is 1. The van der Waals surface area contributed by atoms with Crippen molar-refractivity contribution >= 4 is 27.1 Å². The third kappa shape index (κ3) is 4.66. The summed E-state index contributed by atoms with van der Waals surface area (Å²) in [6.45, 7) is 3.42. The number of aryl methyl sites for hydroxylation is 1. The summed E-state index contributed by atoms with van der Waals surface area (Å²) in [6.07, 6.45) is -0.769. The van der Waals surface area contributed by atoms with E-state index in [0.717, 1.165) is 6.92 Å². The number of benzene rings is 1. The molecule has 2 heterocycles. The van der Waals surface area contributed by atoms with Crippen LogP contribution in [0.3, 0.4) is 0 Å². The average Bonchev–Trinajstić information content (AvgIpc) is 3.02. The van der Waals surface area contributed by atoms with Gasteiger partial charge < -0.3 is 19.9 Å². The third-order valence-electron chi connectivity index (χ3n) is 3.49. The third-order valence-corrected chi connectivity index (χ3v) is 5.13. The topological polar surface area (TPSA) is 162 Å². The standard InChI is InChI=1S/C12H15N3O5S.C2H4O2/c1-6-2-7-10(20-12(17)14-7)3-11(6)21(18,19)15-8-4-13-5-9(8)16;1-2(3)4/h2-3,8-9,13,15-16H,4-5H2,1H3,(H,14,17);1H3,(H,3,4)/t8-,9-;/m1./s1. The molecule has 0 amide bonds. The van der Waals surface area contributed by atoms with Crippen molar-refractivity contribution in [2.75, 3.05) is 13.1 Å². The number of sulfonamides is 1. The molecule has 1 aromatic heterocycles. The van der Waals surface area contributed by atoms with E-state index in [1.165, 1.54) is 12.1 Å². The summed E-state index contributed by atoms with van der Waals surface area (Å²) in [6, 6.07) is 2.26. The second-order valence-corrected chi connectivity index (χ2v) is 7.28. The number of β-amino-alcohol motifs (C(OH)–C–C–N with tert-alkyl or cyclic N) is 1. The van der Waals surface area contributed by atoms with Gasteiger partial charge in [0.05, 0.1) is 22.6 Å². The zero-order chi connectivity index (χ0) is 18.8. The first-order chi connectivity index (χ1) is 11.6. The number of carboxylic acids is 1. The van der Waals surface area contributed by atoms with E-state index in [4.69, 9.17) is 14.3 Å². The minimum Gasteiger partial charge on any atom is -0.481 e. The summed E-state index contributed by atoms with van der Waals surface area (Å²) in [4.78, 5) is 22.6. The number of hydrogen-bond acceptors (Lipinski definition) is 7. The maximum atomic E-state index is 12.4. The zero-order valence-corrected chi connectivity index (χ0v) is 14.4. The Morgan fingerprint density at radius 3 is 2.56 bits per heavy atom. The Bertz CT molecular complexity index is 928. The van der Waals surface area contributed by atoms with E-state index in [2.05, 4.69) is 15.0 Å². The average molecular weight is 373 g/mol. The summed E-state index contributed by atoms with van der Waals surface area (Å²) in [7, 11) is -3.82. The Morgan fingerprint density at radius 2 is 2.00 bits per heavy atom. The van der Waals surface area contributed by atoms with E-state index in [0.29, 0.717) is 24.2 Å². The molecule has 0 radical (unpaired) electrons. The molecule has 25 heavy (non-hydrogen) atoms. The van der Waals surface area contributed by atoms with Crippen LogP contribution in [0.25, 0.3) is 11.1 Å². The van der Waals surface area contributed by atoms with Crippen LogP contribution in [0.15, 0.2) is 26.2 Å². The normalized spacial score (nSPS) is 20.3. The first-order valence-corrected chi connectivity index (χ1v) is 8.82. The molecule has 1 aliphatic rings. The van der Waals surface area contributed by atoms with Crippen LogP contribution in [0, 0.1) is 6.92 Å². The van der Waals surface area contributed by atoms with Crippen LogP contribution in [0.2, 0.25) is 0 Å². The molecule has 3 rings (SSSR count). The Kier molecular flexibility index (Phi) is 5.62. The number of carboxylic acid groups (broad SMARTS) is 1. The highest BCUT2D eigenvalue weighted by atomic mass is 32.2. The molecule has 5 N–H and O–H groups in total. The number of nitrogens with one attached hydrogen (secondary N) is 3. The van der Waals surface area contributed by atoms with Gasteiger partial charge in [0.1, 0.15) is 0 Å². The molecular weight excluding hydrogens is 354 g/mol. The van der Waals surface area contributed by atoms with Crippen LogP contribution in [0.1, 0.15) is 12.5 Å². The van der Waals surface area contributed by atoms with Crippen molar-refractivity contribution in [1.82, 2.24) is 15.0 Å². The molecule has 1 aliphatic heterocycles. The lowest BCUT2D eigenvalue weighted by molar-refractivity contribution is -0.134. The molecule has 0 aliphatic carbocycles. The molecule has 138 valence electrons. The van der Waals surface area contributed by atoms with E-state index < -0.39 is 33.9 Å². The van der Waals surface area contributed by atoms with E-state index >= 15 is 0 Å². The van der Waals surface area contributed by atoms with Crippen molar-refractivity contribution < 1.29 is 27.8 Å². The number of aliphatic hydroxyl groups excluding tert-OH is 1. The Balaban J connectivity index is 0.000000511. The lowest BCUT2D eigenvalue weighted by Gasteiger charge is -2.16. The van der Waals surface area contributed by atoms with Gasteiger partial charge in [-0.2, -0.15) is 0 Å². The van der Waals surface area contributed by atoms with Gasteiger partial charge in [-0.1, -0.05) is 0 Å². The van der Waals surface area contributed by atoms with Crippen LogP contribution >= 0.6 is 0 Å². The number of aliphatic hydroxyl groups is 1. The van der Waals surface area contributed by atoms with Gasteiger partial charge in [-0.3, -0.25) is 9.78 Å². The number of carbonyl (C=O) groups is 1. The molecule has 0 spiro atoms. The molecule has 0 bridgehead atoms. The molecule has 10 nitrogen and oxygen atoms in total. The predicted molar refractivity (Wildman–Crippen MR) is 87.9 cm³/mol. The Morgan fingerprint density at radius 1 is 1.36 bits per heavy atom. The molecule has 2 atom stereocenters. The van der Waals surface area contributed by atoms with Crippen LogP contribution in [-0.2, 0) is 14.8 Å². The maximum Gasteiger partial charge on any atom is 0.417 e. The van der Waals surface area contributed by atoms with E-state index in [1.807, 2.05) is 0 Å². The largest absolute Gasteiger partial charge is 0.481 e. The molecule has 1 saturated heterocycles. The van der Waals surface area contributed by atoms with Crippen LogP contribution < -0.4 is 15.8 Å². The number of aromatic nitrogens is 1. The highest BCUT2D eigenvalue weighted by Crippen LogP contribution is 2.22. The summed E-state index contributed by atoms with van der Waals surface area (Å²) in [5.74, 6) is -1.47. The van der Waals surface area contributed by atoms with Gasteiger partial charge in [0, 0.05) is 26.1 Å². The molecular formula is C14H19N3O7S. The van der Waals surface area contributed by atoms with E-state index in [9.17, 15) is 18.3 Å². The van der Waals surface area contributed by atoms with Crippen LogP contribution in [0.4, 0.5) is 0 Å². The smallest absolute Gasteiger partial charge is 0.417 e. The zero-order valence-electron chi connectivity index (χ0n) is 13.6. The fraction of sp³-hybridized carbons (Fsp3) is 0.429. The summed E-state index contributed by atoms with van der Waals surface area (Å²) in [5.41, 5.74) is 1.10. The fourth-order valence-electron chi connectivity index (χ4n) is 2.42. The van der Waals surface area contributed by atoms with Crippen LogP contribution in [0.5, 0.6) is 0 Å². The van der Waals surface area contributed by atoms with Crippen molar-refractivity contribution in [3.8, 4) is 0 Å². The molecule has 1 aromatic carbocycles. The lowest BCUT2D eigenvalue weighted by Crippen LogP contribution is -2.42. The highest BCUT2D eigenvalue weighted by molar-refractivity contribution is 7.89. The number of rotatable bonds is 3. The first-order valence-electron chi connectivity index (χ1n) is 7.34. The Labute approximate surface area is 142 Å². The first kappa shape index (κ1) is 19.1. The quantitative estimate of drug-likeness (QED) is 0.464. The number of aliphatic carboxylic acids is 1. The van der Waals surface area contributed by atoms with Crippen molar-refractivity contribution in [1.29, 1.82) is 0 Å². The fourth-order valence-corrected chi connectivity index (χ4v) is 3.94. The van der Waals surface area contributed by atoms with E-state index in [1.54, 1.807) is 6.92 Å². The molecule has 0 saturated carbocycles. The van der Waals surface area contributed by atoms with Gasteiger partial charge in [-0.05, 0) is 18.6 Å². The van der Waals surface area contributed by atoms with Crippen molar-refractivity contribution in [2.24, 2.45) is 0 Å². The van der Waals surface area contributed by atoms with E-state index in [-0.39, 0.29) is 10.5 Å². The predicted octanol–water partition coefficient (Wildman–Crippen LogP) is -0.869. The SMILES string of the molecule is CC(=O)O.Cc1cc2[nH]c(=O)oc2cc1S(=O)(=O)N[C@@H]1CNC[C@H]1O. The minimum absolute atomic E-state index is 0.0249. The molecule has 0 unspecified atom stereocenters.